The van der Waals surface area contributed by atoms with Gasteiger partial charge in [-0.3, -0.25) is 4.79 Å². The molecule has 3 N–H and O–H groups in total. The largest absolute Gasteiger partial charge is 0.348 e. The summed E-state index contributed by atoms with van der Waals surface area (Å²) < 4.78 is 2.07. The lowest BCUT2D eigenvalue weighted by Crippen LogP contribution is -2.30. The summed E-state index contributed by atoms with van der Waals surface area (Å²) in [7, 11) is 0. The average molecular weight is 345 g/mol. The summed E-state index contributed by atoms with van der Waals surface area (Å²) in [6.07, 6.45) is 5.77. The Kier molecular flexibility index (Phi) is 10.3. The smallest absolute Gasteiger partial charge is 0.234 e. The summed E-state index contributed by atoms with van der Waals surface area (Å²) in [5, 5.41) is 2.74. The number of nitrogens with one attached hydrogen (secondary N) is 1. The molecule has 0 bridgehead atoms. The van der Waals surface area contributed by atoms with Crippen molar-refractivity contribution in [3.05, 3.63) is 54.1 Å². The SMILES string of the molecule is Cl.Cl.NCC(=O)NCc1nccn1CCCc1ccccc1. The molecule has 0 saturated heterocycles. The molecular weight excluding hydrogens is 323 g/mol. The molecule has 0 radical (unpaired) electrons. The van der Waals surface area contributed by atoms with Crippen molar-refractivity contribution in [3.63, 3.8) is 0 Å². The fourth-order valence-electron chi connectivity index (χ4n) is 2.06. The van der Waals surface area contributed by atoms with Gasteiger partial charge in [0.15, 0.2) is 0 Å². The molecule has 5 nitrogen and oxygen atoms in total. The van der Waals surface area contributed by atoms with Gasteiger partial charge in [0, 0.05) is 18.9 Å². The first-order valence-corrected chi connectivity index (χ1v) is 6.80. The first-order chi connectivity index (χ1) is 9.79. The molecule has 0 aliphatic heterocycles. The number of imidazole rings is 1. The van der Waals surface area contributed by atoms with Crippen molar-refractivity contribution < 1.29 is 4.79 Å². The molecule has 1 aromatic carbocycles. The molecule has 0 spiro atoms. The van der Waals surface area contributed by atoms with Crippen molar-refractivity contribution in [3.8, 4) is 0 Å². The standard InChI is InChI=1S/C15H20N4O.2ClH/c16-11-15(20)18-12-14-17-8-10-19(14)9-4-7-13-5-2-1-3-6-13;;/h1-3,5-6,8,10H,4,7,9,11-12,16H2,(H,18,20);2*1H. The highest BCUT2D eigenvalue weighted by atomic mass is 35.5. The Bertz CT molecular complexity index is 545. The number of benzene rings is 1. The predicted octanol–water partition coefficient (Wildman–Crippen LogP) is 1.93. The van der Waals surface area contributed by atoms with Gasteiger partial charge in [-0.05, 0) is 18.4 Å². The molecule has 2 aromatic rings. The third kappa shape index (κ3) is 6.47. The molecule has 0 saturated carbocycles. The summed E-state index contributed by atoms with van der Waals surface area (Å²) in [5.41, 5.74) is 6.59. The lowest BCUT2D eigenvalue weighted by Gasteiger charge is -2.08. The molecule has 122 valence electrons. The minimum atomic E-state index is -0.163. The summed E-state index contributed by atoms with van der Waals surface area (Å²) >= 11 is 0. The summed E-state index contributed by atoms with van der Waals surface area (Å²) in [6, 6.07) is 10.4. The van der Waals surface area contributed by atoms with Crippen molar-refractivity contribution >= 4 is 30.7 Å². The van der Waals surface area contributed by atoms with E-state index in [-0.39, 0.29) is 37.3 Å². The van der Waals surface area contributed by atoms with Gasteiger partial charge in [0.1, 0.15) is 5.82 Å². The van der Waals surface area contributed by atoms with Crippen LogP contribution in [-0.4, -0.2) is 22.0 Å². The quantitative estimate of drug-likeness (QED) is 0.805. The number of carbonyl (C=O) groups is 1. The van der Waals surface area contributed by atoms with E-state index in [1.54, 1.807) is 6.20 Å². The zero-order chi connectivity index (χ0) is 14.2. The molecule has 0 aliphatic carbocycles. The fraction of sp³-hybridized carbons (Fsp3) is 0.333. The molecule has 1 amide bonds. The highest BCUT2D eigenvalue weighted by molar-refractivity contribution is 5.85. The van der Waals surface area contributed by atoms with E-state index in [0.717, 1.165) is 25.2 Å². The Morgan fingerprint density at radius 1 is 1.23 bits per heavy atom. The zero-order valence-corrected chi connectivity index (χ0v) is 13.9. The van der Waals surface area contributed by atoms with Crippen molar-refractivity contribution in [1.29, 1.82) is 0 Å². The molecule has 0 unspecified atom stereocenters. The van der Waals surface area contributed by atoms with E-state index in [9.17, 15) is 4.79 Å². The maximum atomic E-state index is 11.1. The van der Waals surface area contributed by atoms with Gasteiger partial charge in [-0.25, -0.2) is 4.98 Å². The van der Waals surface area contributed by atoms with E-state index < -0.39 is 0 Å². The summed E-state index contributed by atoms with van der Waals surface area (Å²) in [4.78, 5) is 15.4. The normalized spacial score (nSPS) is 9.50. The zero-order valence-electron chi connectivity index (χ0n) is 12.3. The first kappa shape index (κ1) is 20.4. The van der Waals surface area contributed by atoms with Crippen LogP contribution in [-0.2, 0) is 24.3 Å². The molecule has 0 atom stereocenters. The number of hydrogen-bond acceptors (Lipinski definition) is 3. The third-order valence-electron chi connectivity index (χ3n) is 3.14. The van der Waals surface area contributed by atoms with Gasteiger partial charge in [-0.1, -0.05) is 30.3 Å². The topological polar surface area (TPSA) is 72.9 Å². The van der Waals surface area contributed by atoms with Crippen molar-refractivity contribution in [2.75, 3.05) is 6.54 Å². The minimum Gasteiger partial charge on any atom is -0.348 e. The molecule has 1 heterocycles. The maximum absolute atomic E-state index is 11.1. The number of aryl methyl sites for hydroxylation is 2. The number of hydrogen-bond donors (Lipinski definition) is 2. The number of nitrogens with two attached hydrogens (primary N) is 1. The monoisotopic (exact) mass is 344 g/mol. The number of aromatic nitrogens is 2. The molecule has 7 heteroatoms. The van der Waals surface area contributed by atoms with E-state index in [4.69, 9.17) is 5.73 Å². The Hall–Kier alpha value is -1.56. The van der Waals surface area contributed by atoms with Crippen LogP contribution in [0, 0.1) is 0 Å². The molecule has 22 heavy (non-hydrogen) atoms. The summed E-state index contributed by atoms with van der Waals surface area (Å²) in [6.45, 7) is 1.33. The number of carbonyl (C=O) groups excluding carboxylic acids is 1. The second-order valence-electron chi connectivity index (χ2n) is 4.61. The third-order valence-corrected chi connectivity index (χ3v) is 3.14. The number of nitrogens with zero attached hydrogens (tertiary/aromatic N) is 2. The Morgan fingerprint density at radius 3 is 2.64 bits per heavy atom. The molecule has 0 fully saturated rings. The second-order valence-corrected chi connectivity index (χ2v) is 4.61. The predicted molar refractivity (Wildman–Crippen MR) is 92.4 cm³/mol. The van der Waals surface area contributed by atoms with Gasteiger partial charge in [-0.15, -0.1) is 24.8 Å². The highest BCUT2D eigenvalue weighted by Gasteiger charge is 2.04. The van der Waals surface area contributed by atoms with Gasteiger partial charge in [0.25, 0.3) is 0 Å². The van der Waals surface area contributed by atoms with E-state index in [1.165, 1.54) is 5.56 Å². The number of amides is 1. The molecule has 2 rings (SSSR count). The van der Waals surface area contributed by atoms with Crippen LogP contribution >= 0.6 is 24.8 Å². The second kappa shape index (κ2) is 11.1. The van der Waals surface area contributed by atoms with Gasteiger partial charge >= 0.3 is 0 Å². The molecule has 0 aliphatic rings. The van der Waals surface area contributed by atoms with Crippen LogP contribution in [0.1, 0.15) is 17.8 Å². The first-order valence-electron chi connectivity index (χ1n) is 6.80. The van der Waals surface area contributed by atoms with Crippen LogP contribution in [0.15, 0.2) is 42.7 Å². The van der Waals surface area contributed by atoms with Crippen LogP contribution in [0.25, 0.3) is 0 Å². The maximum Gasteiger partial charge on any atom is 0.234 e. The average Bonchev–Trinajstić information content (AvgIpc) is 2.93. The van der Waals surface area contributed by atoms with E-state index in [1.807, 2.05) is 12.3 Å². The minimum absolute atomic E-state index is 0. The Balaban J connectivity index is 0.00000220. The van der Waals surface area contributed by atoms with Gasteiger partial charge < -0.3 is 15.6 Å². The van der Waals surface area contributed by atoms with E-state index in [2.05, 4.69) is 39.1 Å². The van der Waals surface area contributed by atoms with Crippen LogP contribution in [0.2, 0.25) is 0 Å². The number of rotatable bonds is 7. The van der Waals surface area contributed by atoms with Crippen LogP contribution < -0.4 is 11.1 Å². The van der Waals surface area contributed by atoms with Gasteiger partial charge in [0.05, 0.1) is 13.1 Å². The van der Waals surface area contributed by atoms with Crippen molar-refractivity contribution in [2.45, 2.75) is 25.9 Å². The van der Waals surface area contributed by atoms with Crippen LogP contribution in [0.3, 0.4) is 0 Å². The van der Waals surface area contributed by atoms with Crippen molar-refractivity contribution in [2.24, 2.45) is 5.73 Å². The van der Waals surface area contributed by atoms with Gasteiger partial charge in [-0.2, -0.15) is 0 Å². The van der Waals surface area contributed by atoms with Crippen LogP contribution in [0.5, 0.6) is 0 Å². The lowest BCUT2D eigenvalue weighted by atomic mass is 10.1. The fourth-order valence-corrected chi connectivity index (χ4v) is 2.06. The highest BCUT2D eigenvalue weighted by Crippen LogP contribution is 2.05. The molecule has 1 aromatic heterocycles. The number of halogens is 2. The lowest BCUT2D eigenvalue weighted by molar-refractivity contribution is -0.119. The van der Waals surface area contributed by atoms with Gasteiger partial charge in [0.2, 0.25) is 5.91 Å². The van der Waals surface area contributed by atoms with Crippen molar-refractivity contribution in [1.82, 2.24) is 14.9 Å². The Morgan fingerprint density at radius 2 is 1.95 bits per heavy atom. The summed E-state index contributed by atoms with van der Waals surface area (Å²) in [5.74, 6) is 0.698. The van der Waals surface area contributed by atoms with Crippen LogP contribution in [0.4, 0.5) is 0 Å². The Labute approximate surface area is 143 Å². The molecular formula is C15H22Cl2N4O. The van der Waals surface area contributed by atoms with E-state index in [0.29, 0.717) is 6.54 Å². The van der Waals surface area contributed by atoms with E-state index >= 15 is 0 Å².